The van der Waals surface area contributed by atoms with Crippen molar-refractivity contribution >= 4 is 28.9 Å². The molecule has 0 aliphatic carbocycles. The van der Waals surface area contributed by atoms with Crippen molar-refractivity contribution in [2.75, 3.05) is 23.3 Å². The predicted octanol–water partition coefficient (Wildman–Crippen LogP) is 2.51. The molecule has 4 heteroatoms. The van der Waals surface area contributed by atoms with Gasteiger partial charge in [-0.15, -0.1) is 0 Å². The van der Waals surface area contributed by atoms with Crippen molar-refractivity contribution in [2.45, 2.75) is 13.3 Å². The zero-order chi connectivity index (χ0) is 10.8. The monoisotopic (exact) mass is 224 g/mol. The average Bonchev–Trinajstić information content (AvgIpc) is 2.35. The topological polar surface area (TPSA) is 32.3 Å². The number of rotatable bonds is 1. The number of hydrogen-bond donors (Lipinski definition) is 1. The summed E-state index contributed by atoms with van der Waals surface area (Å²) in [4.78, 5) is 13.6. The van der Waals surface area contributed by atoms with Crippen LogP contribution in [0.4, 0.5) is 11.4 Å². The maximum atomic E-state index is 11.4. The number of nitrogens with zero attached hydrogens (tertiary/aromatic N) is 1. The second-order valence-electron chi connectivity index (χ2n) is 3.54. The summed E-state index contributed by atoms with van der Waals surface area (Å²) in [5, 5.41) is 3.51. The molecule has 0 spiro atoms. The molecule has 15 heavy (non-hydrogen) atoms. The van der Waals surface area contributed by atoms with Gasteiger partial charge < -0.3 is 10.2 Å². The van der Waals surface area contributed by atoms with Crippen LogP contribution in [0.1, 0.15) is 13.3 Å². The maximum Gasteiger partial charge on any atom is 0.226 e. The van der Waals surface area contributed by atoms with Crippen molar-refractivity contribution in [1.82, 2.24) is 0 Å². The summed E-state index contributed by atoms with van der Waals surface area (Å²) in [6.07, 6.45) is 0.528. The molecule has 0 bridgehead atoms. The predicted molar refractivity (Wildman–Crippen MR) is 62.6 cm³/mol. The molecular weight excluding hydrogens is 212 g/mol. The molecule has 1 N–H and O–H groups in total. The summed E-state index contributed by atoms with van der Waals surface area (Å²) < 4.78 is 0. The molecule has 0 unspecified atom stereocenters. The number of carbonyl (C=O) groups excluding carboxylic acids is 1. The van der Waals surface area contributed by atoms with E-state index in [1.807, 2.05) is 12.1 Å². The van der Waals surface area contributed by atoms with Gasteiger partial charge in [-0.05, 0) is 25.1 Å². The van der Waals surface area contributed by atoms with E-state index >= 15 is 0 Å². The van der Waals surface area contributed by atoms with Gasteiger partial charge in [0.05, 0.1) is 11.4 Å². The van der Waals surface area contributed by atoms with Gasteiger partial charge in [-0.2, -0.15) is 0 Å². The van der Waals surface area contributed by atoms with E-state index in [4.69, 9.17) is 11.6 Å². The lowest BCUT2D eigenvalue weighted by molar-refractivity contribution is -0.115. The molecule has 0 saturated carbocycles. The molecule has 0 atom stereocenters. The highest BCUT2D eigenvalue weighted by atomic mass is 35.5. The van der Waals surface area contributed by atoms with Crippen LogP contribution in [-0.2, 0) is 4.79 Å². The minimum atomic E-state index is 0.0504. The molecule has 0 saturated heterocycles. The number of nitrogens with one attached hydrogen (secondary N) is 1. The lowest BCUT2D eigenvalue weighted by Crippen LogP contribution is -2.23. The Morgan fingerprint density at radius 3 is 3.07 bits per heavy atom. The number of hydrogen-bond acceptors (Lipinski definition) is 2. The van der Waals surface area contributed by atoms with Crippen molar-refractivity contribution < 1.29 is 4.79 Å². The van der Waals surface area contributed by atoms with Crippen LogP contribution in [0.5, 0.6) is 0 Å². The zero-order valence-corrected chi connectivity index (χ0v) is 9.34. The number of fused-ring (bicyclic) bond motifs is 1. The summed E-state index contributed by atoms with van der Waals surface area (Å²) in [6, 6.07) is 5.59. The van der Waals surface area contributed by atoms with Gasteiger partial charge in [-0.25, -0.2) is 0 Å². The lowest BCUT2D eigenvalue weighted by atomic mass is 10.2. The van der Waals surface area contributed by atoms with E-state index in [1.54, 1.807) is 6.07 Å². The molecule has 0 aromatic heterocycles. The summed E-state index contributed by atoms with van der Waals surface area (Å²) in [5.41, 5.74) is 1.86. The highest BCUT2D eigenvalue weighted by molar-refractivity contribution is 6.31. The van der Waals surface area contributed by atoms with Gasteiger partial charge in [0.15, 0.2) is 0 Å². The molecular formula is C11H13ClN2O. The number of anilines is 2. The van der Waals surface area contributed by atoms with Crippen molar-refractivity contribution in [1.29, 1.82) is 0 Å². The molecule has 1 aromatic rings. The fraction of sp³-hybridized carbons (Fsp3) is 0.364. The van der Waals surface area contributed by atoms with Crippen LogP contribution < -0.4 is 10.2 Å². The first-order valence-electron chi connectivity index (χ1n) is 5.05. The number of carbonyl (C=O) groups is 1. The first kappa shape index (κ1) is 10.3. The Bertz CT molecular complexity index is 392. The van der Waals surface area contributed by atoms with Crippen molar-refractivity contribution in [3.05, 3.63) is 23.2 Å². The fourth-order valence-corrected chi connectivity index (χ4v) is 1.95. The first-order chi connectivity index (χ1) is 7.20. The molecule has 80 valence electrons. The minimum Gasteiger partial charge on any atom is -0.370 e. The van der Waals surface area contributed by atoms with E-state index in [1.165, 1.54) is 0 Å². The van der Waals surface area contributed by atoms with E-state index < -0.39 is 0 Å². The summed E-state index contributed by atoms with van der Waals surface area (Å²) in [7, 11) is 0. The number of amides is 1. The Labute approximate surface area is 94.0 Å². The highest BCUT2D eigenvalue weighted by Crippen LogP contribution is 2.31. The third kappa shape index (κ3) is 2.07. The maximum absolute atomic E-state index is 11.4. The Kier molecular flexibility index (Phi) is 2.82. The van der Waals surface area contributed by atoms with Gasteiger partial charge >= 0.3 is 0 Å². The highest BCUT2D eigenvalue weighted by Gasteiger charge is 2.17. The molecule has 1 amide bonds. The van der Waals surface area contributed by atoms with Gasteiger partial charge in [0, 0.05) is 24.5 Å². The Morgan fingerprint density at radius 2 is 2.33 bits per heavy atom. The lowest BCUT2D eigenvalue weighted by Gasteiger charge is -2.22. The molecule has 1 aliphatic rings. The van der Waals surface area contributed by atoms with Gasteiger partial charge in [-0.3, -0.25) is 4.79 Å². The minimum absolute atomic E-state index is 0.0504. The molecule has 2 rings (SSSR count). The van der Waals surface area contributed by atoms with E-state index in [0.29, 0.717) is 11.4 Å². The van der Waals surface area contributed by atoms with E-state index in [-0.39, 0.29) is 5.91 Å². The average molecular weight is 225 g/mol. The van der Waals surface area contributed by atoms with Gasteiger partial charge in [0.1, 0.15) is 0 Å². The number of benzene rings is 1. The molecule has 1 aliphatic heterocycles. The van der Waals surface area contributed by atoms with Crippen molar-refractivity contribution in [3.63, 3.8) is 0 Å². The van der Waals surface area contributed by atoms with Gasteiger partial charge in [0.25, 0.3) is 0 Å². The van der Waals surface area contributed by atoms with E-state index in [9.17, 15) is 4.79 Å². The second kappa shape index (κ2) is 4.11. The quantitative estimate of drug-likeness (QED) is 0.795. The van der Waals surface area contributed by atoms with Gasteiger partial charge in [-0.1, -0.05) is 11.6 Å². The smallest absolute Gasteiger partial charge is 0.226 e. The van der Waals surface area contributed by atoms with Crippen LogP contribution in [0.15, 0.2) is 18.2 Å². The van der Waals surface area contributed by atoms with Crippen LogP contribution in [0.2, 0.25) is 5.02 Å². The van der Waals surface area contributed by atoms with Crippen LogP contribution in [0, 0.1) is 0 Å². The zero-order valence-electron chi connectivity index (χ0n) is 8.59. The van der Waals surface area contributed by atoms with Crippen LogP contribution in [0.3, 0.4) is 0 Å². The number of halogens is 1. The standard InChI is InChI=1S/C11H13ClN2O/c1-2-14-6-5-11(15)13-9-7-8(12)3-4-10(9)14/h3-4,7H,2,5-6H2,1H3,(H,13,15). The first-order valence-corrected chi connectivity index (χ1v) is 5.43. The summed E-state index contributed by atoms with van der Waals surface area (Å²) in [5.74, 6) is 0.0504. The van der Waals surface area contributed by atoms with E-state index in [0.717, 1.165) is 24.5 Å². The second-order valence-corrected chi connectivity index (χ2v) is 3.98. The molecule has 1 heterocycles. The Morgan fingerprint density at radius 1 is 1.53 bits per heavy atom. The molecule has 3 nitrogen and oxygen atoms in total. The third-order valence-electron chi connectivity index (χ3n) is 2.56. The summed E-state index contributed by atoms with van der Waals surface area (Å²) in [6.45, 7) is 3.73. The van der Waals surface area contributed by atoms with Crippen LogP contribution >= 0.6 is 11.6 Å². The Balaban J connectivity index is 2.44. The van der Waals surface area contributed by atoms with Crippen molar-refractivity contribution in [3.8, 4) is 0 Å². The SMILES string of the molecule is CCN1CCC(=O)Nc2cc(Cl)ccc21. The largest absolute Gasteiger partial charge is 0.370 e. The van der Waals surface area contributed by atoms with E-state index in [2.05, 4.69) is 17.1 Å². The Hall–Kier alpha value is -1.22. The normalized spacial score (nSPS) is 15.6. The molecule has 0 radical (unpaired) electrons. The van der Waals surface area contributed by atoms with Gasteiger partial charge in [0.2, 0.25) is 5.91 Å². The molecule has 1 aromatic carbocycles. The van der Waals surface area contributed by atoms with Crippen LogP contribution in [-0.4, -0.2) is 19.0 Å². The van der Waals surface area contributed by atoms with Crippen LogP contribution in [0.25, 0.3) is 0 Å². The fourth-order valence-electron chi connectivity index (χ4n) is 1.78. The van der Waals surface area contributed by atoms with Crippen molar-refractivity contribution in [2.24, 2.45) is 0 Å². The molecule has 0 fully saturated rings. The summed E-state index contributed by atoms with van der Waals surface area (Å²) >= 11 is 5.90. The third-order valence-corrected chi connectivity index (χ3v) is 2.80.